The SMILES string of the molecule is COc1ccc(NC(=O)CN(C)CC(=O)NC(C)(C)C)c([N+](=O)[O-])c1. The minimum Gasteiger partial charge on any atom is -0.496 e. The number of carbonyl (C=O) groups excluding carboxylic acids is 2. The van der Waals surface area contributed by atoms with Gasteiger partial charge in [-0.2, -0.15) is 0 Å². The molecule has 0 atom stereocenters. The van der Waals surface area contributed by atoms with Crippen molar-refractivity contribution in [3.63, 3.8) is 0 Å². The number of benzene rings is 1. The van der Waals surface area contributed by atoms with Gasteiger partial charge < -0.3 is 15.4 Å². The lowest BCUT2D eigenvalue weighted by Gasteiger charge is -2.23. The summed E-state index contributed by atoms with van der Waals surface area (Å²) >= 11 is 0. The van der Waals surface area contributed by atoms with Crippen LogP contribution in [0.25, 0.3) is 0 Å². The highest BCUT2D eigenvalue weighted by atomic mass is 16.6. The van der Waals surface area contributed by atoms with Crippen LogP contribution in [-0.2, 0) is 9.59 Å². The van der Waals surface area contributed by atoms with Gasteiger partial charge in [0, 0.05) is 5.54 Å². The molecule has 0 saturated carbocycles. The van der Waals surface area contributed by atoms with Crippen molar-refractivity contribution >= 4 is 23.2 Å². The van der Waals surface area contributed by atoms with Gasteiger partial charge in [0.2, 0.25) is 11.8 Å². The first-order chi connectivity index (χ1) is 11.5. The van der Waals surface area contributed by atoms with E-state index in [4.69, 9.17) is 4.74 Å². The molecular formula is C16H24N4O5. The first-order valence-corrected chi connectivity index (χ1v) is 7.63. The summed E-state index contributed by atoms with van der Waals surface area (Å²) in [5.74, 6) is -0.349. The van der Waals surface area contributed by atoms with Crippen molar-refractivity contribution in [2.45, 2.75) is 26.3 Å². The van der Waals surface area contributed by atoms with Crippen molar-refractivity contribution in [2.24, 2.45) is 0 Å². The second kappa shape index (κ2) is 8.43. The molecular weight excluding hydrogens is 328 g/mol. The van der Waals surface area contributed by atoms with Gasteiger partial charge in [0.15, 0.2) is 0 Å². The van der Waals surface area contributed by atoms with Crippen LogP contribution in [0.15, 0.2) is 18.2 Å². The number of amides is 2. The zero-order valence-electron chi connectivity index (χ0n) is 15.1. The number of ether oxygens (including phenoxy) is 1. The van der Waals surface area contributed by atoms with Crippen LogP contribution in [0, 0.1) is 10.1 Å². The topological polar surface area (TPSA) is 114 Å². The van der Waals surface area contributed by atoms with Crippen molar-refractivity contribution in [3.05, 3.63) is 28.3 Å². The molecule has 0 aliphatic carbocycles. The number of rotatable bonds is 7. The summed E-state index contributed by atoms with van der Waals surface area (Å²) in [6, 6.07) is 4.15. The molecule has 9 heteroatoms. The van der Waals surface area contributed by atoms with E-state index in [0.29, 0.717) is 5.75 Å². The molecule has 1 rings (SSSR count). The van der Waals surface area contributed by atoms with Crippen molar-refractivity contribution < 1.29 is 19.2 Å². The molecule has 0 radical (unpaired) electrons. The van der Waals surface area contributed by atoms with Crippen molar-refractivity contribution in [3.8, 4) is 5.75 Å². The van der Waals surface area contributed by atoms with E-state index in [1.54, 1.807) is 7.05 Å². The van der Waals surface area contributed by atoms with Crippen molar-refractivity contribution in [1.82, 2.24) is 10.2 Å². The summed E-state index contributed by atoms with van der Waals surface area (Å²) in [4.78, 5) is 35.9. The Morgan fingerprint density at radius 1 is 1.24 bits per heavy atom. The van der Waals surface area contributed by atoms with E-state index >= 15 is 0 Å². The molecule has 0 unspecified atom stereocenters. The Kier molecular flexibility index (Phi) is 6.86. The average molecular weight is 352 g/mol. The molecule has 2 amide bonds. The Labute approximate surface area is 146 Å². The predicted molar refractivity (Wildman–Crippen MR) is 93.7 cm³/mol. The van der Waals surface area contributed by atoms with E-state index in [0.717, 1.165) is 0 Å². The van der Waals surface area contributed by atoms with Crippen LogP contribution in [-0.4, -0.2) is 54.4 Å². The number of nitro groups is 1. The highest BCUT2D eigenvalue weighted by Gasteiger charge is 2.19. The Hall–Kier alpha value is -2.68. The van der Waals surface area contributed by atoms with E-state index < -0.39 is 10.8 Å². The predicted octanol–water partition coefficient (Wildman–Crippen LogP) is 1.39. The molecule has 0 fully saturated rings. The van der Waals surface area contributed by atoms with Crippen LogP contribution in [0.4, 0.5) is 11.4 Å². The van der Waals surface area contributed by atoms with Gasteiger partial charge in [-0.25, -0.2) is 0 Å². The fraction of sp³-hybridized carbons (Fsp3) is 0.500. The number of hydrogen-bond acceptors (Lipinski definition) is 6. The summed E-state index contributed by atoms with van der Waals surface area (Å²) in [5.41, 5.74) is -0.548. The van der Waals surface area contributed by atoms with Crippen LogP contribution < -0.4 is 15.4 Å². The average Bonchev–Trinajstić information content (AvgIpc) is 2.44. The molecule has 0 heterocycles. The summed E-state index contributed by atoms with van der Waals surface area (Å²) in [7, 11) is 3.01. The van der Waals surface area contributed by atoms with Crippen LogP contribution in [0.3, 0.4) is 0 Å². The number of likely N-dealkylation sites (N-methyl/N-ethyl adjacent to an activating group) is 1. The molecule has 0 bridgehead atoms. The lowest BCUT2D eigenvalue weighted by atomic mass is 10.1. The zero-order valence-corrected chi connectivity index (χ0v) is 15.1. The normalized spacial score (nSPS) is 11.1. The number of methoxy groups -OCH3 is 1. The van der Waals surface area contributed by atoms with Gasteiger partial charge in [-0.1, -0.05) is 0 Å². The molecule has 0 aliphatic heterocycles. The Balaban J connectivity index is 2.68. The van der Waals surface area contributed by atoms with Gasteiger partial charge >= 0.3 is 0 Å². The number of carbonyl (C=O) groups is 2. The maximum Gasteiger partial charge on any atom is 0.296 e. The van der Waals surface area contributed by atoms with Crippen LogP contribution in [0.1, 0.15) is 20.8 Å². The fourth-order valence-corrected chi connectivity index (χ4v) is 2.09. The highest BCUT2D eigenvalue weighted by molar-refractivity contribution is 5.94. The van der Waals surface area contributed by atoms with E-state index in [-0.39, 0.29) is 35.9 Å². The van der Waals surface area contributed by atoms with E-state index in [1.807, 2.05) is 20.8 Å². The fourth-order valence-electron chi connectivity index (χ4n) is 2.09. The molecule has 0 aromatic heterocycles. The second-order valence-electron chi connectivity index (χ2n) is 6.66. The number of hydrogen-bond donors (Lipinski definition) is 2. The third-order valence-corrected chi connectivity index (χ3v) is 3.02. The van der Waals surface area contributed by atoms with Crippen molar-refractivity contribution in [1.29, 1.82) is 0 Å². The molecule has 2 N–H and O–H groups in total. The summed E-state index contributed by atoms with van der Waals surface area (Å²) in [6.45, 7) is 5.54. The summed E-state index contributed by atoms with van der Waals surface area (Å²) in [6.07, 6.45) is 0. The lowest BCUT2D eigenvalue weighted by Crippen LogP contribution is -2.46. The third kappa shape index (κ3) is 7.17. The molecule has 0 spiro atoms. The molecule has 0 saturated heterocycles. The summed E-state index contributed by atoms with van der Waals surface area (Å²) < 4.78 is 4.94. The zero-order chi connectivity index (χ0) is 19.2. The second-order valence-corrected chi connectivity index (χ2v) is 6.66. The molecule has 0 aliphatic rings. The molecule has 1 aromatic carbocycles. The van der Waals surface area contributed by atoms with Gasteiger partial charge in [-0.3, -0.25) is 24.6 Å². The van der Waals surface area contributed by atoms with Gasteiger partial charge in [0.25, 0.3) is 5.69 Å². The maximum atomic E-state index is 12.1. The molecule has 25 heavy (non-hydrogen) atoms. The number of nitro benzene ring substituents is 1. The van der Waals surface area contributed by atoms with Gasteiger partial charge in [0.05, 0.1) is 31.2 Å². The monoisotopic (exact) mass is 352 g/mol. The Morgan fingerprint density at radius 2 is 1.84 bits per heavy atom. The van der Waals surface area contributed by atoms with E-state index in [1.165, 1.54) is 30.2 Å². The first kappa shape index (κ1) is 20.4. The van der Waals surface area contributed by atoms with Gasteiger partial charge in [0.1, 0.15) is 11.4 Å². The standard InChI is InChI=1S/C16H24N4O5/c1-16(2,3)18-15(22)10-19(4)9-14(21)17-12-7-6-11(25-5)8-13(12)20(23)24/h6-8H,9-10H2,1-5H3,(H,17,21)(H,18,22). The molecule has 9 nitrogen and oxygen atoms in total. The van der Waals surface area contributed by atoms with E-state index in [9.17, 15) is 19.7 Å². The lowest BCUT2D eigenvalue weighted by molar-refractivity contribution is -0.384. The van der Waals surface area contributed by atoms with Crippen molar-refractivity contribution in [2.75, 3.05) is 32.6 Å². The summed E-state index contributed by atoms with van der Waals surface area (Å²) in [5, 5.41) is 16.4. The van der Waals surface area contributed by atoms with E-state index in [2.05, 4.69) is 10.6 Å². The molecule has 138 valence electrons. The highest BCUT2D eigenvalue weighted by Crippen LogP contribution is 2.28. The maximum absolute atomic E-state index is 12.1. The first-order valence-electron chi connectivity index (χ1n) is 7.63. The smallest absolute Gasteiger partial charge is 0.296 e. The number of anilines is 1. The Morgan fingerprint density at radius 3 is 2.36 bits per heavy atom. The minimum atomic E-state index is -0.599. The van der Waals surface area contributed by atoms with Crippen LogP contribution >= 0.6 is 0 Å². The van der Waals surface area contributed by atoms with Crippen LogP contribution in [0.5, 0.6) is 5.75 Å². The largest absolute Gasteiger partial charge is 0.496 e. The third-order valence-electron chi connectivity index (χ3n) is 3.02. The van der Waals surface area contributed by atoms with Gasteiger partial charge in [-0.05, 0) is 40.0 Å². The number of nitrogens with zero attached hydrogens (tertiary/aromatic N) is 2. The molecule has 1 aromatic rings. The van der Waals surface area contributed by atoms with Gasteiger partial charge in [-0.15, -0.1) is 0 Å². The Bertz CT molecular complexity index is 654. The number of nitrogens with one attached hydrogen (secondary N) is 2. The van der Waals surface area contributed by atoms with Crippen LogP contribution in [0.2, 0.25) is 0 Å². The minimum absolute atomic E-state index is 0.0371. The quantitative estimate of drug-likeness (QED) is 0.566.